The number of hydrogen-bond donors (Lipinski definition) is 4. The van der Waals surface area contributed by atoms with Crippen molar-refractivity contribution in [3.05, 3.63) is 119 Å². The first-order valence-electron chi connectivity index (χ1n) is 14.5. The molecule has 4 rings (SSSR count). The van der Waals surface area contributed by atoms with Crippen LogP contribution in [0, 0.1) is 22.7 Å². The van der Waals surface area contributed by atoms with E-state index in [0.717, 1.165) is 0 Å². The summed E-state index contributed by atoms with van der Waals surface area (Å²) in [7, 11) is 3.08. The Bertz CT molecular complexity index is 1510. The van der Waals surface area contributed by atoms with Crippen molar-refractivity contribution >= 4 is 0 Å². The second kappa shape index (κ2) is 15.3. The van der Waals surface area contributed by atoms with Crippen LogP contribution in [0.2, 0.25) is 0 Å². The topological polar surface area (TPSA) is 165 Å². The zero-order chi connectivity index (χ0) is 33.2. The van der Waals surface area contributed by atoms with Gasteiger partial charge in [0.15, 0.2) is 0 Å². The Morgan fingerprint density at radius 1 is 0.522 bits per heavy atom. The normalized spacial score (nSPS) is 14.8. The van der Waals surface area contributed by atoms with Crippen molar-refractivity contribution in [3.8, 4) is 35.1 Å². The standard InChI is InChI=1S/C36H36N2O8/c1-43-31-11-3-25(4-12-31)35(23-37,27-7-15-33(16-8-27)45-21-29(41)19-39)36(24-38,26-5-13-32(44-2)14-6-26)28-9-17-34(18-10-28)46-22-30(42)20-40/h3-18,29-30,39-42H,19-22H2,1-2H3. The van der Waals surface area contributed by atoms with E-state index < -0.39 is 36.3 Å². The zero-order valence-electron chi connectivity index (χ0n) is 25.5. The van der Waals surface area contributed by atoms with Crippen LogP contribution in [0.5, 0.6) is 23.0 Å². The van der Waals surface area contributed by atoms with Gasteiger partial charge in [-0.3, -0.25) is 0 Å². The lowest BCUT2D eigenvalue weighted by Crippen LogP contribution is -2.49. The first kappa shape index (κ1) is 33.8. The third-order valence-corrected chi connectivity index (χ3v) is 7.82. The predicted octanol–water partition coefficient (Wildman–Crippen LogP) is 3.49. The Balaban J connectivity index is 2.00. The molecule has 46 heavy (non-hydrogen) atoms. The second-order valence-electron chi connectivity index (χ2n) is 10.5. The minimum Gasteiger partial charge on any atom is -0.497 e. The molecule has 0 aliphatic rings. The van der Waals surface area contributed by atoms with Crippen LogP contribution in [0.15, 0.2) is 97.1 Å². The maximum absolute atomic E-state index is 11.4. The summed E-state index contributed by atoms with van der Waals surface area (Å²) in [6.07, 6.45) is -2.12. The van der Waals surface area contributed by atoms with Gasteiger partial charge in [0.1, 0.15) is 59.2 Å². The number of hydrogen-bond acceptors (Lipinski definition) is 10. The van der Waals surface area contributed by atoms with E-state index in [2.05, 4.69) is 12.1 Å². The molecule has 0 bridgehead atoms. The zero-order valence-corrected chi connectivity index (χ0v) is 25.5. The molecular formula is C36H36N2O8. The Labute approximate surface area is 267 Å². The first-order chi connectivity index (χ1) is 22.3. The molecule has 4 aromatic rings. The summed E-state index contributed by atoms with van der Waals surface area (Å²) >= 11 is 0. The average Bonchev–Trinajstić information content (AvgIpc) is 3.12. The summed E-state index contributed by atoms with van der Waals surface area (Å²) in [4.78, 5) is 0. The van der Waals surface area contributed by atoms with Crippen LogP contribution in [-0.4, -0.2) is 73.3 Å². The molecule has 0 amide bonds. The Kier molecular flexibility index (Phi) is 11.2. The van der Waals surface area contributed by atoms with Crippen molar-refractivity contribution in [2.24, 2.45) is 0 Å². The minimum atomic E-state index is -1.67. The highest BCUT2D eigenvalue weighted by Crippen LogP contribution is 2.53. The van der Waals surface area contributed by atoms with Crippen molar-refractivity contribution in [1.29, 1.82) is 10.5 Å². The molecule has 10 nitrogen and oxygen atoms in total. The van der Waals surface area contributed by atoms with Crippen LogP contribution in [-0.2, 0) is 10.8 Å². The number of benzene rings is 4. The van der Waals surface area contributed by atoms with Crippen molar-refractivity contribution in [2.75, 3.05) is 40.6 Å². The highest BCUT2D eigenvalue weighted by molar-refractivity contribution is 5.65. The van der Waals surface area contributed by atoms with E-state index in [1.54, 1.807) is 111 Å². The van der Waals surface area contributed by atoms with Gasteiger partial charge in [0, 0.05) is 0 Å². The number of aliphatic hydroxyl groups excluding tert-OH is 4. The maximum atomic E-state index is 11.4. The van der Waals surface area contributed by atoms with E-state index in [1.807, 2.05) is 0 Å². The molecule has 0 heterocycles. The van der Waals surface area contributed by atoms with Crippen LogP contribution >= 0.6 is 0 Å². The summed E-state index contributed by atoms with van der Waals surface area (Å²) in [6.45, 7) is -1.16. The lowest BCUT2D eigenvalue weighted by molar-refractivity contribution is 0.0536. The summed E-state index contributed by atoms with van der Waals surface area (Å²) < 4.78 is 22.0. The third kappa shape index (κ3) is 6.62. The largest absolute Gasteiger partial charge is 0.497 e. The molecule has 0 saturated carbocycles. The fourth-order valence-electron chi connectivity index (χ4n) is 5.40. The van der Waals surface area contributed by atoms with E-state index in [4.69, 9.17) is 29.2 Å². The molecule has 0 aliphatic carbocycles. The second-order valence-corrected chi connectivity index (χ2v) is 10.5. The van der Waals surface area contributed by atoms with Gasteiger partial charge in [-0.25, -0.2) is 0 Å². The predicted molar refractivity (Wildman–Crippen MR) is 169 cm³/mol. The van der Waals surface area contributed by atoms with Crippen LogP contribution < -0.4 is 18.9 Å². The van der Waals surface area contributed by atoms with Crippen LogP contribution in [0.1, 0.15) is 22.3 Å². The summed E-state index contributed by atoms with van der Waals surface area (Å²) in [5.74, 6) is 1.94. The van der Waals surface area contributed by atoms with Crippen LogP contribution in [0.25, 0.3) is 0 Å². The average molecular weight is 625 g/mol. The highest BCUT2D eigenvalue weighted by atomic mass is 16.5. The summed E-state index contributed by atoms with van der Waals surface area (Å²) in [5, 5.41) is 60.6. The van der Waals surface area contributed by atoms with Gasteiger partial charge < -0.3 is 39.4 Å². The molecule has 4 N–H and O–H groups in total. The summed E-state index contributed by atoms with van der Waals surface area (Å²) in [5.41, 5.74) is -1.33. The Morgan fingerprint density at radius 3 is 1.00 bits per heavy atom. The van der Waals surface area contributed by atoms with Gasteiger partial charge >= 0.3 is 0 Å². The number of rotatable bonds is 15. The van der Waals surface area contributed by atoms with E-state index in [9.17, 15) is 20.7 Å². The van der Waals surface area contributed by atoms with Crippen LogP contribution in [0.4, 0.5) is 0 Å². The molecule has 4 aromatic carbocycles. The number of nitriles is 2. The molecule has 0 aliphatic heterocycles. The number of methoxy groups -OCH3 is 2. The van der Waals surface area contributed by atoms with E-state index >= 15 is 0 Å². The number of nitrogens with zero attached hydrogens (tertiary/aromatic N) is 2. The molecular weight excluding hydrogens is 588 g/mol. The fourth-order valence-corrected chi connectivity index (χ4v) is 5.40. The molecule has 0 spiro atoms. The molecule has 0 aromatic heterocycles. The highest BCUT2D eigenvalue weighted by Gasteiger charge is 2.57. The quantitative estimate of drug-likeness (QED) is 0.154. The fraction of sp³-hybridized carbons (Fsp3) is 0.278. The molecule has 4 atom stereocenters. The van der Waals surface area contributed by atoms with Crippen molar-refractivity contribution in [2.45, 2.75) is 23.0 Å². The van der Waals surface area contributed by atoms with Gasteiger partial charge in [-0.1, -0.05) is 48.5 Å². The molecule has 4 unspecified atom stereocenters. The third-order valence-electron chi connectivity index (χ3n) is 7.82. The minimum absolute atomic E-state index is 0.130. The molecule has 10 heteroatoms. The Morgan fingerprint density at radius 2 is 0.783 bits per heavy atom. The van der Waals surface area contributed by atoms with E-state index in [-0.39, 0.29) is 13.2 Å². The number of ether oxygens (including phenoxy) is 4. The monoisotopic (exact) mass is 624 g/mol. The van der Waals surface area contributed by atoms with Gasteiger partial charge in [0.2, 0.25) is 0 Å². The van der Waals surface area contributed by atoms with Crippen molar-refractivity contribution < 1.29 is 39.4 Å². The lowest BCUT2D eigenvalue weighted by Gasteiger charge is -2.43. The van der Waals surface area contributed by atoms with Gasteiger partial charge in [-0.15, -0.1) is 0 Å². The van der Waals surface area contributed by atoms with E-state index in [1.165, 1.54) is 0 Å². The van der Waals surface area contributed by atoms with Crippen molar-refractivity contribution in [3.63, 3.8) is 0 Å². The van der Waals surface area contributed by atoms with Gasteiger partial charge in [-0.05, 0) is 70.8 Å². The smallest absolute Gasteiger partial charge is 0.134 e. The molecule has 0 fully saturated rings. The first-order valence-corrected chi connectivity index (χ1v) is 14.5. The molecule has 238 valence electrons. The summed E-state index contributed by atoms with van der Waals surface area (Å²) in [6, 6.07) is 32.5. The Hall–Kier alpha value is -5.10. The SMILES string of the molecule is COc1ccc(C(C#N)(c2ccc(OCC(O)CO)cc2)C(C#N)(c2ccc(OC)cc2)c2ccc(OCC(O)CO)cc2)cc1. The van der Waals surface area contributed by atoms with Gasteiger partial charge in [0.25, 0.3) is 0 Å². The van der Waals surface area contributed by atoms with Gasteiger partial charge in [0.05, 0.1) is 39.6 Å². The molecule has 0 saturated heterocycles. The maximum Gasteiger partial charge on any atom is 0.134 e. The molecule has 0 radical (unpaired) electrons. The lowest BCUT2D eigenvalue weighted by atomic mass is 9.53. The van der Waals surface area contributed by atoms with Gasteiger partial charge in [-0.2, -0.15) is 10.5 Å². The number of aliphatic hydroxyl groups is 4. The van der Waals surface area contributed by atoms with Crippen LogP contribution in [0.3, 0.4) is 0 Å². The van der Waals surface area contributed by atoms with Crippen molar-refractivity contribution in [1.82, 2.24) is 0 Å². The van der Waals surface area contributed by atoms with E-state index in [0.29, 0.717) is 45.3 Å².